The zero-order valence-corrected chi connectivity index (χ0v) is 11.1. The highest BCUT2D eigenvalue weighted by Crippen LogP contribution is 1.97. The molecule has 1 rings (SSSR count). The van der Waals surface area contributed by atoms with Crippen LogP contribution >= 0.6 is 0 Å². The molecule has 0 aromatic heterocycles. The first kappa shape index (κ1) is 21.0. The zero-order valence-electron chi connectivity index (χ0n) is 11.1. The minimum absolute atomic E-state index is 0.481. The molecule has 18 heavy (non-hydrogen) atoms. The quantitative estimate of drug-likeness (QED) is 0.621. The van der Waals surface area contributed by atoms with E-state index in [0.29, 0.717) is 0 Å². The molecule has 1 amide bonds. The zero-order chi connectivity index (χ0) is 14.8. The van der Waals surface area contributed by atoms with Crippen molar-refractivity contribution in [1.29, 1.82) is 0 Å². The highest BCUT2D eigenvalue weighted by atomic mass is 16.1. The lowest BCUT2D eigenvalue weighted by Gasteiger charge is -1.85. The molecule has 0 bridgehead atoms. The van der Waals surface area contributed by atoms with Crippen LogP contribution in [0.25, 0.3) is 6.08 Å². The molecule has 0 atom stereocenters. The van der Waals surface area contributed by atoms with Gasteiger partial charge < -0.3 is 5.73 Å². The fourth-order valence-electron chi connectivity index (χ4n) is 0.589. The molecule has 1 aromatic rings. The molecule has 0 saturated heterocycles. The lowest BCUT2D eigenvalue weighted by Crippen LogP contribution is -2.04. The number of carbonyl (C=O) groups excluding carboxylic acids is 1. The van der Waals surface area contributed by atoms with Crippen molar-refractivity contribution in [2.45, 2.75) is 6.92 Å². The number of rotatable bonds is 2. The van der Waals surface area contributed by atoms with Crippen LogP contribution in [0.3, 0.4) is 0 Å². The standard InChI is InChI=1S/C8H8.C3H5NO.C3H6.C2H4/c1-2-8-6-4-3-5-7-8;1-2-3(4)5;1-3-2;1-2/h2-7H,1H2;2H,1H2,(H2,4,5);3H,1H2,2H3;1-2H2. The average Bonchev–Trinajstić information content (AvgIpc) is 2.43. The van der Waals surface area contributed by atoms with Crippen LogP contribution in [0.15, 0.2) is 75.4 Å². The predicted molar refractivity (Wildman–Crippen MR) is 83.0 cm³/mol. The molecule has 0 radical (unpaired) electrons. The van der Waals surface area contributed by atoms with Crippen LogP contribution in [-0.2, 0) is 4.79 Å². The van der Waals surface area contributed by atoms with Gasteiger partial charge in [-0.2, -0.15) is 0 Å². The number of amides is 1. The molecule has 2 heteroatoms. The average molecular weight is 245 g/mol. The van der Waals surface area contributed by atoms with Crippen LogP contribution in [-0.4, -0.2) is 5.91 Å². The van der Waals surface area contributed by atoms with Crippen molar-refractivity contribution in [3.63, 3.8) is 0 Å². The lowest BCUT2D eigenvalue weighted by molar-refractivity contribution is -0.113. The fourth-order valence-corrected chi connectivity index (χ4v) is 0.589. The molecular weight excluding hydrogens is 222 g/mol. The van der Waals surface area contributed by atoms with Crippen LogP contribution in [0, 0.1) is 0 Å². The first-order valence-electron chi connectivity index (χ1n) is 5.28. The summed E-state index contributed by atoms with van der Waals surface area (Å²) in [6.07, 6.45) is 4.64. The van der Waals surface area contributed by atoms with Gasteiger partial charge in [0.15, 0.2) is 0 Å². The van der Waals surface area contributed by atoms with E-state index in [-0.39, 0.29) is 0 Å². The molecule has 0 saturated carbocycles. The molecule has 2 nitrogen and oxygen atoms in total. The molecule has 0 spiro atoms. The van der Waals surface area contributed by atoms with Gasteiger partial charge in [-0.3, -0.25) is 4.79 Å². The number of benzene rings is 1. The van der Waals surface area contributed by atoms with E-state index in [1.807, 2.05) is 43.3 Å². The topological polar surface area (TPSA) is 43.1 Å². The SMILES string of the molecule is C=C.C=CC.C=CC(N)=O.C=Cc1ccccc1. The highest BCUT2D eigenvalue weighted by Gasteiger charge is 1.75. The monoisotopic (exact) mass is 245 g/mol. The third kappa shape index (κ3) is 23.5. The second kappa shape index (κ2) is 20.1. The van der Waals surface area contributed by atoms with E-state index in [1.165, 1.54) is 5.56 Å². The summed E-state index contributed by atoms with van der Waals surface area (Å²) in [6.45, 7) is 18.0. The predicted octanol–water partition coefficient (Wildman–Crippen LogP) is 3.98. The Morgan fingerprint density at radius 1 is 1.11 bits per heavy atom. The van der Waals surface area contributed by atoms with E-state index in [0.717, 1.165) is 6.08 Å². The Morgan fingerprint density at radius 2 is 1.44 bits per heavy atom. The maximum Gasteiger partial charge on any atom is 0.240 e. The van der Waals surface area contributed by atoms with Crippen molar-refractivity contribution in [3.05, 3.63) is 80.9 Å². The number of carbonyl (C=O) groups is 1. The highest BCUT2D eigenvalue weighted by molar-refractivity contribution is 5.84. The molecule has 0 heterocycles. The van der Waals surface area contributed by atoms with Gasteiger partial charge in [0, 0.05) is 0 Å². The third-order valence-corrected chi connectivity index (χ3v) is 1.24. The summed E-state index contributed by atoms with van der Waals surface area (Å²) < 4.78 is 0. The minimum atomic E-state index is -0.481. The van der Waals surface area contributed by atoms with Gasteiger partial charge in [0.1, 0.15) is 0 Å². The molecule has 98 valence electrons. The summed E-state index contributed by atoms with van der Waals surface area (Å²) in [4.78, 5) is 9.47. The minimum Gasteiger partial charge on any atom is -0.366 e. The smallest absolute Gasteiger partial charge is 0.240 e. The van der Waals surface area contributed by atoms with E-state index in [2.05, 4.69) is 38.6 Å². The van der Waals surface area contributed by atoms with Gasteiger partial charge >= 0.3 is 0 Å². The first-order chi connectivity index (χ1) is 8.62. The number of allylic oxidation sites excluding steroid dienone is 1. The first-order valence-corrected chi connectivity index (χ1v) is 5.28. The second-order valence-corrected chi connectivity index (χ2v) is 2.63. The molecule has 0 aliphatic rings. The molecule has 0 aliphatic heterocycles. The molecule has 0 fully saturated rings. The van der Waals surface area contributed by atoms with Gasteiger partial charge in [0.25, 0.3) is 0 Å². The van der Waals surface area contributed by atoms with Gasteiger partial charge in [-0.1, -0.05) is 55.6 Å². The van der Waals surface area contributed by atoms with Crippen LogP contribution in [0.1, 0.15) is 12.5 Å². The maximum absolute atomic E-state index is 9.47. The van der Waals surface area contributed by atoms with Crippen LogP contribution in [0.4, 0.5) is 0 Å². The maximum atomic E-state index is 9.47. The number of primary amides is 1. The lowest BCUT2D eigenvalue weighted by atomic mass is 10.2. The van der Waals surface area contributed by atoms with Crippen molar-refractivity contribution in [3.8, 4) is 0 Å². The third-order valence-electron chi connectivity index (χ3n) is 1.24. The van der Waals surface area contributed by atoms with Crippen LogP contribution in [0.2, 0.25) is 0 Å². The van der Waals surface area contributed by atoms with E-state index >= 15 is 0 Å². The normalized spacial score (nSPS) is 6.50. The molecular formula is C16H23NO. The van der Waals surface area contributed by atoms with Crippen molar-refractivity contribution in [2.24, 2.45) is 5.73 Å². The van der Waals surface area contributed by atoms with Crippen LogP contribution < -0.4 is 5.73 Å². The summed E-state index contributed by atoms with van der Waals surface area (Å²) in [5.74, 6) is -0.481. The number of hydrogen-bond donors (Lipinski definition) is 1. The van der Waals surface area contributed by atoms with Crippen LogP contribution in [0.5, 0.6) is 0 Å². The van der Waals surface area contributed by atoms with Crippen molar-refractivity contribution in [2.75, 3.05) is 0 Å². The van der Waals surface area contributed by atoms with Gasteiger partial charge in [-0.15, -0.1) is 19.7 Å². The van der Waals surface area contributed by atoms with E-state index < -0.39 is 5.91 Å². The van der Waals surface area contributed by atoms with Crippen molar-refractivity contribution >= 4 is 12.0 Å². The Kier molecular flexibility index (Phi) is 23.5. The van der Waals surface area contributed by atoms with Gasteiger partial charge in [-0.25, -0.2) is 0 Å². The second-order valence-electron chi connectivity index (χ2n) is 2.63. The van der Waals surface area contributed by atoms with Crippen molar-refractivity contribution in [1.82, 2.24) is 0 Å². The summed E-state index contributed by atoms with van der Waals surface area (Å²) in [7, 11) is 0. The fraction of sp³-hybridized carbons (Fsp3) is 0.0625. The molecule has 1 aromatic carbocycles. The molecule has 2 N–H and O–H groups in total. The summed E-state index contributed by atoms with van der Waals surface area (Å²) in [6, 6.07) is 10.0. The Balaban J connectivity index is -0.000000196. The Labute approximate surface area is 111 Å². The van der Waals surface area contributed by atoms with Gasteiger partial charge in [-0.05, 0) is 18.6 Å². The summed E-state index contributed by atoms with van der Waals surface area (Å²) in [5.41, 5.74) is 5.71. The summed E-state index contributed by atoms with van der Waals surface area (Å²) >= 11 is 0. The Hall–Kier alpha value is -2.35. The van der Waals surface area contributed by atoms with Gasteiger partial charge in [0.2, 0.25) is 5.91 Å². The number of nitrogens with two attached hydrogens (primary N) is 1. The Bertz CT molecular complexity index is 328. The Morgan fingerprint density at radius 3 is 1.61 bits per heavy atom. The number of hydrogen-bond acceptors (Lipinski definition) is 1. The van der Waals surface area contributed by atoms with Crippen molar-refractivity contribution < 1.29 is 4.79 Å². The molecule has 0 unspecified atom stereocenters. The van der Waals surface area contributed by atoms with E-state index in [9.17, 15) is 4.79 Å². The van der Waals surface area contributed by atoms with E-state index in [4.69, 9.17) is 0 Å². The largest absolute Gasteiger partial charge is 0.366 e. The van der Waals surface area contributed by atoms with E-state index in [1.54, 1.807) is 6.08 Å². The molecule has 0 aliphatic carbocycles. The summed E-state index contributed by atoms with van der Waals surface area (Å²) in [5, 5.41) is 0. The van der Waals surface area contributed by atoms with Gasteiger partial charge in [0.05, 0.1) is 0 Å².